The molecule has 1 spiro atoms. The number of nitrogens with one attached hydrogen (secondary N) is 1. The summed E-state index contributed by atoms with van der Waals surface area (Å²) in [7, 11) is 0. The van der Waals surface area contributed by atoms with Crippen LogP contribution in [0.5, 0.6) is 0 Å². The second-order valence-electron chi connectivity index (χ2n) is 21.1. The number of rotatable bonds is 3. The lowest BCUT2D eigenvalue weighted by Gasteiger charge is -2.73. The number of hydrogen-bond donors (Lipinski definition) is 1. The Morgan fingerprint density at radius 1 is 0.449 bits per heavy atom. The van der Waals surface area contributed by atoms with Gasteiger partial charge in [-0.25, -0.2) is 0 Å². The molecule has 0 aromatic rings. The van der Waals surface area contributed by atoms with Gasteiger partial charge in [0, 0.05) is 17.5 Å². The molecule has 0 aromatic heterocycles. The third-order valence-corrected chi connectivity index (χ3v) is 19.7. The molecule has 13 atom stereocenters. The van der Waals surface area contributed by atoms with Crippen LogP contribution in [0.1, 0.15) is 173 Å². The fourth-order valence-electron chi connectivity index (χ4n) is 18.4. The minimum absolute atomic E-state index is 0.353. The second-order valence-corrected chi connectivity index (χ2v) is 21.1. The highest BCUT2D eigenvalue weighted by atomic mass is 16.5. The quantitative estimate of drug-likeness (QED) is 0.323. The maximum Gasteiger partial charge on any atom is 0.114 e. The molecule has 49 heavy (non-hydrogen) atoms. The van der Waals surface area contributed by atoms with Gasteiger partial charge in [-0.05, 0) is 109 Å². The van der Waals surface area contributed by atoms with Crippen molar-refractivity contribution < 1.29 is 4.74 Å². The molecular weight excluding hydrogens is 597 g/mol. The first-order valence-electron chi connectivity index (χ1n) is 23.5. The summed E-state index contributed by atoms with van der Waals surface area (Å²) in [6.45, 7) is 1.17. The lowest BCUT2D eigenvalue weighted by atomic mass is 9.36. The predicted octanol–water partition coefficient (Wildman–Crippen LogP) is 11.0. The summed E-state index contributed by atoms with van der Waals surface area (Å²) in [6, 6.07) is 0.821. The van der Waals surface area contributed by atoms with Crippen LogP contribution in [0.3, 0.4) is 0 Å². The van der Waals surface area contributed by atoms with Gasteiger partial charge in [0.05, 0.1) is 12.8 Å². The van der Waals surface area contributed by atoms with Gasteiger partial charge in [0.1, 0.15) is 6.23 Å². The third kappa shape index (κ3) is 4.87. The van der Waals surface area contributed by atoms with Gasteiger partial charge in [-0.3, -0.25) is 10.2 Å². The number of fused-ring (bicyclic) bond motifs is 12. The molecule has 3 nitrogen and oxygen atoms in total. The largest absolute Gasteiger partial charge is 0.359 e. The maximum atomic E-state index is 7.33. The number of ether oxygens (including phenoxy) is 1. The standard InChI is InChI=1S/C46H74N2O/c1-4-15-30(16-5-1)39-42(31-17-6-2-7-18-31)46(43(39)32-19-8-3-9-20-32)37-25-24-29-14-12-13-23-35(29)40(37)44-41-36-26-33-21-10-11-22-34(33)27-38(36)49-45(41)47-28-48(44)46/h29-45,47H,1-28H2. The van der Waals surface area contributed by atoms with Gasteiger partial charge < -0.3 is 4.74 Å². The van der Waals surface area contributed by atoms with Crippen molar-refractivity contribution in [3.8, 4) is 0 Å². The fraction of sp³-hybridized carbons (Fsp3) is 1.00. The van der Waals surface area contributed by atoms with Crippen molar-refractivity contribution in [2.24, 2.45) is 82.9 Å². The average molecular weight is 671 g/mol. The van der Waals surface area contributed by atoms with Crippen LogP contribution in [0.25, 0.3) is 0 Å². The first-order valence-corrected chi connectivity index (χ1v) is 23.5. The molecule has 0 radical (unpaired) electrons. The van der Waals surface area contributed by atoms with E-state index in [0.29, 0.717) is 17.9 Å². The summed E-state index contributed by atoms with van der Waals surface area (Å²) >= 11 is 0. The van der Waals surface area contributed by atoms with Crippen molar-refractivity contribution >= 4 is 0 Å². The highest BCUT2D eigenvalue weighted by molar-refractivity contribution is 5.30. The zero-order valence-corrected chi connectivity index (χ0v) is 31.5. The van der Waals surface area contributed by atoms with Crippen LogP contribution in [0, 0.1) is 82.9 Å². The Kier molecular flexibility index (Phi) is 8.59. The summed E-state index contributed by atoms with van der Waals surface area (Å²) in [4.78, 5) is 3.48. The molecule has 8 saturated carbocycles. The van der Waals surface area contributed by atoms with E-state index >= 15 is 0 Å². The molecule has 0 amide bonds. The zero-order chi connectivity index (χ0) is 32.1. The Hall–Kier alpha value is -0.120. The van der Waals surface area contributed by atoms with Gasteiger partial charge in [0.15, 0.2) is 0 Å². The van der Waals surface area contributed by atoms with Gasteiger partial charge >= 0.3 is 0 Å². The van der Waals surface area contributed by atoms with Crippen LogP contribution >= 0.6 is 0 Å². The van der Waals surface area contributed by atoms with Crippen LogP contribution in [0.15, 0.2) is 0 Å². The summed E-state index contributed by atoms with van der Waals surface area (Å²) < 4.78 is 7.33. The smallest absolute Gasteiger partial charge is 0.114 e. The molecule has 3 saturated heterocycles. The Morgan fingerprint density at radius 2 is 1.00 bits per heavy atom. The number of hydrogen-bond acceptors (Lipinski definition) is 3. The lowest BCUT2D eigenvalue weighted by molar-refractivity contribution is -0.245. The van der Waals surface area contributed by atoms with Crippen molar-refractivity contribution in [1.29, 1.82) is 0 Å². The highest BCUT2D eigenvalue weighted by Gasteiger charge is 2.79. The molecule has 11 aliphatic rings. The van der Waals surface area contributed by atoms with Crippen molar-refractivity contribution in [3.63, 3.8) is 0 Å². The van der Waals surface area contributed by atoms with E-state index in [2.05, 4.69) is 10.2 Å². The Balaban J connectivity index is 1.05. The highest BCUT2D eigenvalue weighted by Crippen LogP contribution is 2.76. The van der Waals surface area contributed by atoms with E-state index in [9.17, 15) is 0 Å². The van der Waals surface area contributed by atoms with E-state index in [-0.39, 0.29) is 0 Å². The van der Waals surface area contributed by atoms with Crippen molar-refractivity contribution in [1.82, 2.24) is 10.2 Å². The molecule has 3 heteroatoms. The zero-order valence-electron chi connectivity index (χ0n) is 31.5. The third-order valence-electron chi connectivity index (χ3n) is 19.7. The molecule has 3 heterocycles. The molecule has 11 rings (SSSR count). The first-order chi connectivity index (χ1) is 24.3. The fourth-order valence-corrected chi connectivity index (χ4v) is 18.4. The van der Waals surface area contributed by atoms with Crippen molar-refractivity contribution in [2.45, 2.75) is 197 Å². The van der Waals surface area contributed by atoms with E-state index < -0.39 is 0 Å². The van der Waals surface area contributed by atoms with E-state index in [0.717, 1.165) is 88.9 Å². The second kappa shape index (κ2) is 13.0. The minimum atomic E-state index is 0.353. The molecule has 0 bridgehead atoms. The van der Waals surface area contributed by atoms with Gasteiger partial charge in [-0.2, -0.15) is 0 Å². The first kappa shape index (κ1) is 32.3. The van der Waals surface area contributed by atoms with Crippen LogP contribution < -0.4 is 5.32 Å². The SMILES string of the molecule is C1CCC(C2C(C3CCCCC3)C3(C4CCC5CCCCC5C4C4C5C(NCN43)OC3CC4CCCCC4CC35)C2C2CCCCC2)CC1. The van der Waals surface area contributed by atoms with Gasteiger partial charge in [-0.1, -0.05) is 141 Å². The van der Waals surface area contributed by atoms with Crippen molar-refractivity contribution in [3.05, 3.63) is 0 Å². The van der Waals surface area contributed by atoms with E-state index in [1.54, 1.807) is 77.0 Å². The molecule has 13 unspecified atom stereocenters. The van der Waals surface area contributed by atoms with Crippen LogP contribution in [0.4, 0.5) is 0 Å². The van der Waals surface area contributed by atoms with E-state index in [1.807, 2.05) is 0 Å². The van der Waals surface area contributed by atoms with Crippen LogP contribution in [0.2, 0.25) is 0 Å². The molecule has 11 fully saturated rings. The Labute approximate surface area is 301 Å². The van der Waals surface area contributed by atoms with Gasteiger partial charge in [0.25, 0.3) is 0 Å². The van der Waals surface area contributed by atoms with E-state index in [1.165, 1.54) is 103 Å². The summed E-state index contributed by atoms with van der Waals surface area (Å²) in [5.41, 5.74) is 0.502. The minimum Gasteiger partial charge on any atom is -0.359 e. The van der Waals surface area contributed by atoms with Crippen molar-refractivity contribution in [2.75, 3.05) is 6.67 Å². The monoisotopic (exact) mass is 671 g/mol. The molecule has 274 valence electrons. The maximum absolute atomic E-state index is 7.33. The molecule has 1 N–H and O–H groups in total. The lowest BCUT2D eigenvalue weighted by Crippen LogP contribution is -2.78. The van der Waals surface area contributed by atoms with Gasteiger partial charge in [0.2, 0.25) is 0 Å². The molecule has 8 aliphatic carbocycles. The average Bonchev–Trinajstić information content (AvgIpc) is 3.68. The van der Waals surface area contributed by atoms with Gasteiger partial charge in [-0.15, -0.1) is 0 Å². The Morgan fingerprint density at radius 3 is 1.67 bits per heavy atom. The molecular formula is C46H74N2O. The summed E-state index contributed by atoms with van der Waals surface area (Å²) in [5, 5.41) is 4.34. The van der Waals surface area contributed by atoms with E-state index in [4.69, 9.17) is 4.74 Å². The topological polar surface area (TPSA) is 24.5 Å². The predicted molar refractivity (Wildman–Crippen MR) is 199 cm³/mol. The summed E-state index contributed by atoms with van der Waals surface area (Å²) in [5.74, 6) is 13.8. The number of nitrogens with zero attached hydrogens (tertiary/aromatic N) is 1. The van der Waals surface area contributed by atoms with Crippen LogP contribution in [-0.4, -0.2) is 35.5 Å². The normalized spacial score (nSPS) is 53.9. The molecule has 0 aromatic carbocycles. The molecule has 3 aliphatic heterocycles. The Bertz CT molecular complexity index is 1140. The summed E-state index contributed by atoms with van der Waals surface area (Å²) in [6.07, 6.45) is 42.5. The van der Waals surface area contributed by atoms with Crippen LogP contribution in [-0.2, 0) is 4.74 Å².